The molecule has 0 saturated carbocycles. The Bertz CT molecular complexity index is 982. The molecule has 8 heteroatoms. The van der Waals surface area contributed by atoms with E-state index in [0.717, 1.165) is 12.1 Å². The third-order valence-electron chi connectivity index (χ3n) is 3.44. The monoisotopic (exact) mass is 400 g/mol. The van der Waals surface area contributed by atoms with Gasteiger partial charge in [-0.2, -0.15) is 4.39 Å². The fourth-order valence-electron chi connectivity index (χ4n) is 2.09. The van der Waals surface area contributed by atoms with Crippen LogP contribution in [0.3, 0.4) is 0 Å². The van der Waals surface area contributed by atoms with Crippen molar-refractivity contribution in [3.05, 3.63) is 106 Å². The molecule has 142 valence electrons. The third-order valence-corrected chi connectivity index (χ3v) is 3.66. The fraction of sp³-hybridized carbons (Fsp3) is 0. The molecule has 28 heavy (non-hydrogen) atoms. The van der Waals surface area contributed by atoms with Crippen molar-refractivity contribution in [1.82, 2.24) is 0 Å². The lowest BCUT2D eigenvalue weighted by molar-refractivity contribution is -0.387. The first kappa shape index (κ1) is 20.7. The molecule has 1 amide bonds. The van der Waals surface area contributed by atoms with E-state index in [-0.39, 0.29) is 5.69 Å². The van der Waals surface area contributed by atoms with E-state index in [1.807, 2.05) is 6.07 Å². The normalized spacial score (nSPS) is 9.64. The van der Waals surface area contributed by atoms with E-state index in [9.17, 15) is 24.1 Å². The van der Waals surface area contributed by atoms with Gasteiger partial charge < -0.3 is 5.32 Å². The summed E-state index contributed by atoms with van der Waals surface area (Å²) in [7, 11) is 0. The fourth-order valence-corrected chi connectivity index (χ4v) is 2.22. The number of amides is 1. The highest BCUT2D eigenvalue weighted by molar-refractivity contribution is 6.67. The second kappa shape index (κ2) is 9.94. The summed E-state index contributed by atoms with van der Waals surface area (Å²) in [6, 6.07) is 20.3. The van der Waals surface area contributed by atoms with Crippen LogP contribution < -0.4 is 5.32 Å². The van der Waals surface area contributed by atoms with Crippen molar-refractivity contribution in [1.29, 1.82) is 0 Å². The summed E-state index contributed by atoms with van der Waals surface area (Å²) in [6.07, 6.45) is 0. The minimum atomic E-state index is -0.942. The molecule has 0 saturated heterocycles. The summed E-state index contributed by atoms with van der Waals surface area (Å²) in [5.74, 6) is -1.36. The Morgan fingerprint density at radius 3 is 1.89 bits per heavy atom. The second-order valence-electron chi connectivity index (χ2n) is 5.38. The van der Waals surface area contributed by atoms with Gasteiger partial charge in [-0.1, -0.05) is 48.5 Å². The molecular weight excluding hydrogens is 387 g/mol. The number of nitrogens with zero attached hydrogens (tertiary/aromatic N) is 1. The Morgan fingerprint density at radius 1 is 0.893 bits per heavy atom. The van der Waals surface area contributed by atoms with Crippen molar-refractivity contribution in [3.8, 4) is 0 Å². The van der Waals surface area contributed by atoms with Gasteiger partial charge in [0, 0.05) is 22.9 Å². The van der Waals surface area contributed by atoms with Gasteiger partial charge in [-0.15, -0.1) is 0 Å². The number of hydrogen-bond acceptors (Lipinski definition) is 4. The maximum atomic E-state index is 13.1. The maximum Gasteiger partial charge on any atom is 0.306 e. The molecule has 0 bridgehead atoms. The van der Waals surface area contributed by atoms with E-state index in [2.05, 4.69) is 5.32 Å². The summed E-state index contributed by atoms with van der Waals surface area (Å²) in [5.41, 5.74) is 0.446. The van der Waals surface area contributed by atoms with Crippen LogP contribution in [0.15, 0.2) is 78.9 Å². The van der Waals surface area contributed by atoms with Crippen LogP contribution in [0, 0.1) is 15.9 Å². The highest BCUT2D eigenvalue weighted by Gasteiger charge is 2.15. The van der Waals surface area contributed by atoms with Crippen molar-refractivity contribution in [2.75, 3.05) is 5.32 Å². The predicted octanol–water partition coefficient (Wildman–Crippen LogP) is 5.05. The zero-order valence-electron chi connectivity index (χ0n) is 14.3. The molecular formula is C20H14ClFN2O4. The van der Waals surface area contributed by atoms with Crippen molar-refractivity contribution < 1.29 is 18.9 Å². The first-order valence-corrected chi connectivity index (χ1v) is 8.31. The maximum absolute atomic E-state index is 13.1. The van der Waals surface area contributed by atoms with Gasteiger partial charge in [0.1, 0.15) is 0 Å². The minimum absolute atomic E-state index is 0.168. The van der Waals surface area contributed by atoms with Crippen LogP contribution in [-0.4, -0.2) is 16.1 Å². The number of nitro benzene ring substituents is 1. The van der Waals surface area contributed by atoms with Gasteiger partial charge >= 0.3 is 5.69 Å². The first-order chi connectivity index (χ1) is 13.4. The van der Waals surface area contributed by atoms with Gasteiger partial charge in [-0.25, -0.2) is 0 Å². The van der Waals surface area contributed by atoms with Crippen molar-refractivity contribution in [3.63, 3.8) is 0 Å². The molecule has 0 fully saturated rings. The van der Waals surface area contributed by atoms with Gasteiger partial charge in [0.15, 0.2) is 0 Å². The average Bonchev–Trinajstić information content (AvgIpc) is 2.71. The number of halogens is 2. The number of nitrogens with one attached hydrogen (secondary N) is 1. The minimum Gasteiger partial charge on any atom is -0.322 e. The van der Waals surface area contributed by atoms with E-state index in [0.29, 0.717) is 11.1 Å². The van der Waals surface area contributed by atoms with E-state index in [1.54, 1.807) is 54.6 Å². The highest BCUT2D eigenvalue weighted by atomic mass is 35.5. The van der Waals surface area contributed by atoms with Gasteiger partial charge in [0.25, 0.3) is 11.1 Å². The SMILES string of the molecule is O=C(Cl)c1ccccc1.O=C(Nc1ccc(F)c([N+](=O)[O-])c1)c1ccccc1. The van der Waals surface area contributed by atoms with E-state index in [1.165, 1.54) is 6.07 Å². The molecule has 6 nitrogen and oxygen atoms in total. The first-order valence-electron chi connectivity index (χ1n) is 7.93. The number of benzene rings is 3. The number of carbonyl (C=O) groups is 2. The number of anilines is 1. The summed E-state index contributed by atoms with van der Waals surface area (Å²) < 4.78 is 13.1. The Balaban J connectivity index is 0.000000261. The van der Waals surface area contributed by atoms with E-state index in [4.69, 9.17) is 11.6 Å². The highest BCUT2D eigenvalue weighted by Crippen LogP contribution is 2.22. The molecule has 0 atom stereocenters. The summed E-state index contributed by atoms with van der Waals surface area (Å²) in [6.45, 7) is 0. The third kappa shape index (κ3) is 6.00. The predicted molar refractivity (Wildman–Crippen MR) is 104 cm³/mol. The van der Waals surface area contributed by atoms with Crippen LogP contribution in [0.1, 0.15) is 20.7 Å². The van der Waals surface area contributed by atoms with Crippen LogP contribution in [0.2, 0.25) is 0 Å². The number of hydrogen-bond donors (Lipinski definition) is 1. The van der Waals surface area contributed by atoms with Crippen molar-refractivity contribution in [2.45, 2.75) is 0 Å². The molecule has 0 aliphatic heterocycles. The van der Waals surface area contributed by atoms with Gasteiger partial charge in [0.05, 0.1) is 4.92 Å². The molecule has 0 spiro atoms. The standard InChI is InChI=1S/C13H9FN2O3.C7H5ClO/c14-11-7-6-10(8-12(11)16(18)19)15-13(17)9-4-2-1-3-5-9;8-7(9)6-4-2-1-3-5-6/h1-8H,(H,15,17);1-5H. The molecule has 0 heterocycles. The molecule has 0 aliphatic carbocycles. The zero-order valence-corrected chi connectivity index (χ0v) is 15.1. The van der Waals surface area contributed by atoms with E-state index < -0.39 is 27.6 Å². The van der Waals surface area contributed by atoms with Crippen molar-refractivity contribution in [2.24, 2.45) is 0 Å². The summed E-state index contributed by atoms with van der Waals surface area (Å²) in [5, 5.41) is 12.6. The van der Waals surface area contributed by atoms with Crippen LogP contribution in [0.5, 0.6) is 0 Å². The Labute approximate surface area is 164 Å². The lowest BCUT2D eigenvalue weighted by Gasteiger charge is -2.05. The van der Waals surface area contributed by atoms with Crippen molar-refractivity contribution >= 4 is 34.1 Å². The van der Waals surface area contributed by atoms with Gasteiger partial charge in [0.2, 0.25) is 5.82 Å². The van der Waals surface area contributed by atoms with Crippen LogP contribution in [0.4, 0.5) is 15.8 Å². The quantitative estimate of drug-likeness (QED) is 0.377. The number of nitro groups is 1. The molecule has 3 aromatic carbocycles. The summed E-state index contributed by atoms with van der Waals surface area (Å²) >= 11 is 5.16. The number of carbonyl (C=O) groups excluding carboxylic acids is 2. The average molecular weight is 401 g/mol. The zero-order chi connectivity index (χ0) is 20.5. The molecule has 3 rings (SSSR count). The topological polar surface area (TPSA) is 89.3 Å². The Kier molecular flexibility index (Phi) is 7.36. The van der Waals surface area contributed by atoms with Crippen LogP contribution in [0.25, 0.3) is 0 Å². The largest absolute Gasteiger partial charge is 0.322 e. The molecule has 0 aromatic heterocycles. The van der Waals surface area contributed by atoms with E-state index >= 15 is 0 Å². The number of rotatable bonds is 4. The molecule has 0 unspecified atom stereocenters. The lowest BCUT2D eigenvalue weighted by Crippen LogP contribution is -2.11. The van der Waals surface area contributed by atoms with Gasteiger partial charge in [-0.05, 0) is 35.9 Å². The second-order valence-corrected chi connectivity index (χ2v) is 5.73. The van der Waals surface area contributed by atoms with Crippen LogP contribution in [-0.2, 0) is 0 Å². The van der Waals surface area contributed by atoms with Gasteiger partial charge in [-0.3, -0.25) is 19.7 Å². The Hall–Kier alpha value is -3.58. The molecule has 0 radical (unpaired) electrons. The summed E-state index contributed by atoms with van der Waals surface area (Å²) in [4.78, 5) is 32.0. The molecule has 1 N–H and O–H groups in total. The Morgan fingerprint density at radius 2 is 1.43 bits per heavy atom. The molecule has 0 aliphatic rings. The lowest BCUT2D eigenvalue weighted by atomic mass is 10.2. The smallest absolute Gasteiger partial charge is 0.306 e. The molecule has 3 aromatic rings. The van der Waals surface area contributed by atoms with Crippen LogP contribution >= 0.6 is 11.6 Å².